The van der Waals surface area contributed by atoms with Crippen molar-refractivity contribution in [2.45, 2.75) is 199 Å². The van der Waals surface area contributed by atoms with Crippen molar-refractivity contribution in [3.8, 4) is 5.75 Å². The lowest BCUT2D eigenvalue weighted by atomic mass is 9.66. The second-order valence-electron chi connectivity index (χ2n) is 19.2. The Morgan fingerprint density at radius 2 is 1.10 bits per heavy atom. The fourth-order valence-corrected chi connectivity index (χ4v) is 8.66. The van der Waals surface area contributed by atoms with Gasteiger partial charge in [0, 0.05) is 34.3 Å². The molecule has 2 fully saturated rings. The van der Waals surface area contributed by atoms with Gasteiger partial charge in [0.25, 0.3) is 0 Å². The smallest absolute Gasteiger partial charge is 0.123 e. The third-order valence-corrected chi connectivity index (χ3v) is 14.3. The maximum absolute atomic E-state index is 13.2. The summed E-state index contributed by atoms with van der Waals surface area (Å²) in [7, 11) is 0. The average Bonchev–Trinajstić information content (AvgIpc) is 3.24. The fourth-order valence-electron chi connectivity index (χ4n) is 7.00. The molecule has 2 aliphatic carbocycles. The molecule has 2 aromatic carbocycles. The molecule has 4 rings (SSSR count). The molecule has 0 radical (unpaired) electrons. The molecule has 0 amide bonds. The standard InChI is InChI=1S/C24H40OS.C21H33FS/c1-17(2)24(6,7)21-15-19(23(3,4)5)14-18(22(21)25)16-26-20-12-10-8-9-11-13-20;1-14(2)21(6,7)18-12-17(20(3,4)5)11-16(13-23-22)19(18)15-9-8-10-15/h14-15,17,20,25H,8-13,16H2,1-7H3;11-12,14-15H,8-10,13H2,1-7H3. The zero-order chi connectivity index (χ0) is 36.9. The van der Waals surface area contributed by atoms with Crippen LogP contribution < -0.4 is 0 Å². The van der Waals surface area contributed by atoms with E-state index in [0.717, 1.165) is 22.1 Å². The van der Waals surface area contributed by atoms with Crippen molar-refractivity contribution in [2.24, 2.45) is 11.8 Å². The third kappa shape index (κ3) is 10.7. The molecule has 0 bridgehead atoms. The molecule has 0 heterocycles. The van der Waals surface area contributed by atoms with E-state index in [-0.39, 0.29) is 21.7 Å². The highest BCUT2D eigenvalue weighted by Crippen LogP contribution is 2.48. The van der Waals surface area contributed by atoms with E-state index in [1.54, 1.807) is 0 Å². The van der Waals surface area contributed by atoms with Crippen molar-refractivity contribution in [2.75, 3.05) is 0 Å². The zero-order valence-corrected chi connectivity index (χ0v) is 35.7. The summed E-state index contributed by atoms with van der Waals surface area (Å²) < 4.78 is 13.2. The molecule has 0 aromatic heterocycles. The summed E-state index contributed by atoms with van der Waals surface area (Å²) in [6, 6.07) is 9.23. The van der Waals surface area contributed by atoms with Crippen LogP contribution in [-0.2, 0) is 33.2 Å². The van der Waals surface area contributed by atoms with Crippen LogP contribution >= 0.6 is 23.9 Å². The Bertz CT molecular complexity index is 1350. The van der Waals surface area contributed by atoms with Crippen LogP contribution in [0.15, 0.2) is 24.3 Å². The summed E-state index contributed by atoms with van der Waals surface area (Å²) in [6.45, 7) is 31.9. The normalized spacial score (nSPS) is 17.2. The third-order valence-electron chi connectivity index (χ3n) is 12.5. The lowest BCUT2D eigenvalue weighted by Gasteiger charge is -2.39. The van der Waals surface area contributed by atoms with Gasteiger partial charge in [0.05, 0.1) is 5.75 Å². The second-order valence-corrected chi connectivity index (χ2v) is 21.0. The van der Waals surface area contributed by atoms with E-state index in [4.69, 9.17) is 0 Å². The minimum Gasteiger partial charge on any atom is -0.507 e. The Balaban J connectivity index is 0.000000267. The summed E-state index contributed by atoms with van der Waals surface area (Å²) in [5, 5.41) is 11.9. The van der Waals surface area contributed by atoms with E-state index in [0.29, 0.717) is 41.4 Å². The van der Waals surface area contributed by atoms with Gasteiger partial charge >= 0.3 is 0 Å². The van der Waals surface area contributed by atoms with Gasteiger partial charge in [0.2, 0.25) is 0 Å². The van der Waals surface area contributed by atoms with E-state index in [1.807, 2.05) is 0 Å². The van der Waals surface area contributed by atoms with Crippen LogP contribution in [0.4, 0.5) is 3.89 Å². The lowest BCUT2D eigenvalue weighted by molar-refractivity contribution is 0.349. The van der Waals surface area contributed by atoms with Crippen LogP contribution in [0.3, 0.4) is 0 Å². The fraction of sp³-hybridized carbons (Fsp3) is 0.733. The molecule has 0 unspecified atom stereocenters. The molecular weight excluding hydrogens is 640 g/mol. The summed E-state index contributed by atoms with van der Waals surface area (Å²) in [4.78, 5) is 0. The van der Waals surface area contributed by atoms with Gasteiger partial charge < -0.3 is 5.11 Å². The van der Waals surface area contributed by atoms with Crippen molar-refractivity contribution in [3.05, 3.63) is 63.2 Å². The van der Waals surface area contributed by atoms with Crippen LogP contribution in [0.25, 0.3) is 0 Å². The largest absolute Gasteiger partial charge is 0.507 e. The number of thioether (sulfide) groups is 1. The number of rotatable bonds is 10. The lowest BCUT2D eigenvalue weighted by Crippen LogP contribution is -2.29. The topological polar surface area (TPSA) is 20.2 Å². The van der Waals surface area contributed by atoms with Crippen molar-refractivity contribution in [1.82, 2.24) is 0 Å². The van der Waals surface area contributed by atoms with Gasteiger partial charge in [-0.2, -0.15) is 15.6 Å². The van der Waals surface area contributed by atoms with Crippen molar-refractivity contribution >= 4 is 23.9 Å². The molecule has 1 nitrogen and oxygen atoms in total. The van der Waals surface area contributed by atoms with Crippen LogP contribution in [0.5, 0.6) is 5.75 Å². The van der Waals surface area contributed by atoms with Crippen LogP contribution in [0.2, 0.25) is 0 Å². The predicted molar refractivity (Wildman–Crippen MR) is 219 cm³/mol. The molecule has 0 saturated heterocycles. The van der Waals surface area contributed by atoms with Gasteiger partial charge in [0.15, 0.2) is 0 Å². The molecule has 2 saturated carbocycles. The summed E-state index contributed by atoms with van der Waals surface area (Å²) in [5.41, 5.74) is 9.37. The SMILES string of the molecule is CC(C)C(C)(C)c1cc(C(C)(C)C)cc(CSC2CCCCCC2)c1O.CC(C)C(C)(C)c1cc(C(C)(C)C)cc(CSF)c1C1CCC1. The van der Waals surface area contributed by atoms with E-state index in [2.05, 4.69) is 133 Å². The first-order chi connectivity index (χ1) is 22.6. The van der Waals surface area contributed by atoms with Gasteiger partial charge in [-0.15, -0.1) is 0 Å². The quantitative estimate of drug-likeness (QED) is 0.248. The average molecular weight is 713 g/mol. The van der Waals surface area contributed by atoms with E-state index < -0.39 is 0 Å². The van der Waals surface area contributed by atoms with Gasteiger partial charge in [-0.3, -0.25) is 0 Å². The summed E-state index contributed by atoms with van der Waals surface area (Å²) in [6.07, 6.45) is 12.1. The summed E-state index contributed by atoms with van der Waals surface area (Å²) >= 11 is 2.53. The van der Waals surface area contributed by atoms with E-state index in [9.17, 15) is 8.99 Å². The molecule has 0 aliphatic heterocycles. The molecule has 2 aromatic rings. The molecule has 0 atom stereocenters. The molecule has 278 valence electrons. The van der Waals surface area contributed by atoms with Gasteiger partial charge in [-0.25, -0.2) is 0 Å². The van der Waals surface area contributed by atoms with Crippen LogP contribution in [-0.4, -0.2) is 10.4 Å². The highest BCUT2D eigenvalue weighted by molar-refractivity contribution is 7.99. The molecular formula is C45H73FOS2. The Kier molecular flexibility index (Phi) is 14.8. The van der Waals surface area contributed by atoms with E-state index in [1.165, 1.54) is 85.6 Å². The predicted octanol–water partition coefficient (Wildman–Crippen LogP) is 14.9. The van der Waals surface area contributed by atoms with Gasteiger partial charge in [-0.05, 0) is 92.9 Å². The van der Waals surface area contributed by atoms with Gasteiger partial charge in [-0.1, -0.05) is 153 Å². The minimum absolute atomic E-state index is 0.0346. The monoisotopic (exact) mass is 713 g/mol. The zero-order valence-electron chi connectivity index (χ0n) is 34.0. The number of phenols is 1. The second kappa shape index (κ2) is 17.1. The number of benzene rings is 2. The maximum Gasteiger partial charge on any atom is 0.123 e. The van der Waals surface area contributed by atoms with Crippen molar-refractivity contribution in [3.63, 3.8) is 0 Å². The number of aromatic hydroxyl groups is 1. The Morgan fingerprint density at radius 3 is 1.53 bits per heavy atom. The molecule has 1 N–H and O–H groups in total. The van der Waals surface area contributed by atoms with Crippen molar-refractivity contribution in [1.29, 1.82) is 0 Å². The molecule has 49 heavy (non-hydrogen) atoms. The highest BCUT2D eigenvalue weighted by Gasteiger charge is 2.35. The first-order valence-corrected chi connectivity index (χ1v) is 21.5. The van der Waals surface area contributed by atoms with Crippen molar-refractivity contribution < 1.29 is 8.99 Å². The van der Waals surface area contributed by atoms with Crippen LogP contribution in [0, 0.1) is 11.8 Å². The number of phenolic OH excluding ortho intramolecular Hbond substituents is 1. The first-order valence-electron chi connectivity index (χ1n) is 19.5. The number of hydrogen-bond donors (Lipinski definition) is 1. The number of hydrogen-bond acceptors (Lipinski definition) is 3. The first kappa shape index (κ1) is 42.3. The summed E-state index contributed by atoms with van der Waals surface area (Å²) in [5.74, 6) is 3.63. The number of halogens is 1. The maximum atomic E-state index is 13.2. The Morgan fingerprint density at radius 1 is 0.633 bits per heavy atom. The van der Waals surface area contributed by atoms with Crippen LogP contribution in [0.1, 0.15) is 200 Å². The molecule has 0 spiro atoms. The molecule has 2 aliphatic rings. The van der Waals surface area contributed by atoms with E-state index >= 15 is 0 Å². The van der Waals surface area contributed by atoms with Gasteiger partial charge in [0.1, 0.15) is 5.75 Å². The molecule has 4 heteroatoms. The Labute approximate surface area is 311 Å². The minimum atomic E-state index is -0.0346. The highest BCUT2D eigenvalue weighted by atomic mass is 32.2. The Hall–Kier alpha value is -1.13.